The van der Waals surface area contributed by atoms with Gasteiger partial charge >= 0.3 is 0 Å². The molecule has 0 radical (unpaired) electrons. The van der Waals surface area contributed by atoms with Gasteiger partial charge in [-0.3, -0.25) is 0 Å². The van der Waals surface area contributed by atoms with Crippen LogP contribution in [0.5, 0.6) is 0 Å². The van der Waals surface area contributed by atoms with Gasteiger partial charge in [0.15, 0.2) is 0 Å². The molecule has 1 aromatic rings. The van der Waals surface area contributed by atoms with Gasteiger partial charge in [-0.2, -0.15) is 4.31 Å². The summed E-state index contributed by atoms with van der Waals surface area (Å²) in [6, 6.07) is 1.70. The number of hydrogen-bond donors (Lipinski definition) is 0. The van der Waals surface area contributed by atoms with Crippen molar-refractivity contribution in [1.29, 1.82) is 0 Å². The van der Waals surface area contributed by atoms with Gasteiger partial charge in [0, 0.05) is 31.5 Å². The summed E-state index contributed by atoms with van der Waals surface area (Å²) in [4.78, 5) is 0.370. The van der Waals surface area contributed by atoms with Crippen molar-refractivity contribution in [1.82, 2.24) is 8.87 Å². The predicted octanol–water partition coefficient (Wildman–Crippen LogP) is 3.06. The maximum atomic E-state index is 12.7. The van der Waals surface area contributed by atoms with E-state index < -0.39 is 10.0 Å². The monoisotopic (exact) mass is 318 g/mol. The second-order valence-corrected chi connectivity index (χ2v) is 8.36. The van der Waals surface area contributed by atoms with E-state index in [4.69, 9.17) is 11.6 Å². The number of rotatable bonds is 4. The number of aromatic nitrogens is 1. The minimum atomic E-state index is -3.38. The van der Waals surface area contributed by atoms with Gasteiger partial charge in [0.05, 0.1) is 5.88 Å². The van der Waals surface area contributed by atoms with E-state index >= 15 is 0 Å². The van der Waals surface area contributed by atoms with Crippen molar-refractivity contribution in [2.24, 2.45) is 5.41 Å². The molecule has 1 aliphatic heterocycles. The quantitative estimate of drug-likeness (QED) is 0.801. The van der Waals surface area contributed by atoms with Crippen LogP contribution >= 0.6 is 11.6 Å². The number of sulfonamides is 1. The van der Waals surface area contributed by atoms with Crippen molar-refractivity contribution in [3.8, 4) is 0 Å². The van der Waals surface area contributed by atoms with Crippen LogP contribution in [0.2, 0.25) is 0 Å². The molecule has 1 aliphatic rings. The van der Waals surface area contributed by atoms with Crippen molar-refractivity contribution in [2.75, 3.05) is 13.1 Å². The summed E-state index contributed by atoms with van der Waals surface area (Å²) in [5.41, 5.74) is 1.09. The fourth-order valence-corrected chi connectivity index (χ4v) is 4.29. The number of hydrogen-bond acceptors (Lipinski definition) is 2. The molecule has 1 aromatic heterocycles. The van der Waals surface area contributed by atoms with Crippen molar-refractivity contribution < 1.29 is 8.42 Å². The SMILES string of the molecule is CCn1cc(S(=O)(=O)N2CCC(C)(C)CC2)cc1CCl. The highest BCUT2D eigenvalue weighted by atomic mass is 35.5. The van der Waals surface area contributed by atoms with E-state index in [1.54, 1.807) is 16.6 Å². The third kappa shape index (κ3) is 3.05. The Morgan fingerprint density at radius 3 is 2.35 bits per heavy atom. The molecule has 4 nitrogen and oxygen atoms in total. The molecule has 0 spiro atoms. The normalized spacial score (nSPS) is 20.2. The first-order valence-electron chi connectivity index (χ1n) is 7.05. The fourth-order valence-electron chi connectivity index (χ4n) is 2.55. The highest BCUT2D eigenvalue weighted by Gasteiger charge is 2.33. The Bertz CT molecular complexity index is 546. The largest absolute Gasteiger partial charge is 0.349 e. The lowest BCUT2D eigenvalue weighted by Crippen LogP contribution is -2.40. The molecule has 0 saturated carbocycles. The molecule has 0 bridgehead atoms. The minimum Gasteiger partial charge on any atom is -0.349 e. The molecule has 1 fully saturated rings. The Labute approximate surface area is 126 Å². The van der Waals surface area contributed by atoms with Crippen LogP contribution in [-0.2, 0) is 22.4 Å². The lowest BCUT2D eigenvalue weighted by atomic mass is 9.83. The van der Waals surface area contributed by atoms with Crippen molar-refractivity contribution in [2.45, 2.75) is 50.9 Å². The van der Waals surface area contributed by atoms with Crippen LogP contribution in [0.3, 0.4) is 0 Å². The van der Waals surface area contributed by atoms with Gasteiger partial charge in [-0.25, -0.2) is 8.42 Å². The van der Waals surface area contributed by atoms with Crippen LogP contribution in [0, 0.1) is 5.41 Å². The molecule has 0 amide bonds. The second-order valence-electron chi connectivity index (χ2n) is 6.16. The van der Waals surface area contributed by atoms with E-state index in [0.29, 0.717) is 23.9 Å². The maximum absolute atomic E-state index is 12.7. The van der Waals surface area contributed by atoms with E-state index in [9.17, 15) is 8.42 Å². The Morgan fingerprint density at radius 1 is 1.30 bits per heavy atom. The van der Waals surface area contributed by atoms with Crippen LogP contribution < -0.4 is 0 Å². The smallest absolute Gasteiger partial charge is 0.244 e. The molecule has 0 atom stereocenters. The highest BCUT2D eigenvalue weighted by molar-refractivity contribution is 7.89. The van der Waals surface area contributed by atoms with Crippen LogP contribution in [0.15, 0.2) is 17.2 Å². The number of piperidine rings is 1. The van der Waals surface area contributed by atoms with Gasteiger partial charge in [-0.05, 0) is 31.2 Å². The lowest BCUT2D eigenvalue weighted by molar-refractivity contribution is 0.196. The first-order valence-corrected chi connectivity index (χ1v) is 9.03. The Balaban J connectivity index is 2.25. The zero-order valence-electron chi connectivity index (χ0n) is 12.4. The van der Waals surface area contributed by atoms with Gasteiger partial charge in [-0.1, -0.05) is 13.8 Å². The summed E-state index contributed by atoms with van der Waals surface area (Å²) >= 11 is 5.87. The van der Waals surface area contributed by atoms with E-state index in [1.807, 2.05) is 11.5 Å². The Morgan fingerprint density at radius 2 is 1.90 bits per heavy atom. The Hall–Kier alpha value is -0.520. The van der Waals surface area contributed by atoms with E-state index in [-0.39, 0.29) is 5.41 Å². The molecule has 6 heteroatoms. The first kappa shape index (κ1) is 15.9. The van der Waals surface area contributed by atoms with Gasteiger partial charge in [0.2, 0.25) is 10.0 Å². The molecule has 1 saturated heterocycles. The van der Waals surface area contributed by atoms with Gasteiger partial charge < -0.3 is 4.57 Å². The third-order valence-corrected chi connectivity index (χ3v) is 6.29. The summed E-state index contributed by atoms with van der Waals surface area (Å²) in [6.07, 6.45) is 3.51. The zero-order chi connectivity index (χ0) is 15.0. The average Bonchev–Trinajstić information content (AvgIpc) is 2.82. The highest BCUT2D eigenvalue weighted by Crippen LogP contribution is 2.32. The third-order valence-electron chi connectivity index (χ3n) is 4.15. The fraction of sp³-hybridized carbons (Fsp3) is 0.714. The molecule has 114 valence electrons. The van der Waals surface area contributed by atoms with E-state index in [2.05, 4.69) is 13.8 Å². The number of aryl methyl sites for hydroxylation is 1. The van der Waals surface area contributed by atoms with Gasteiger partial charge in [0.1, 0.15) is 4.90 Å². The van der Waals surface area contributed by atoms with Crippen LogP contribution in [0.1, 0.15) is 39.3 Å². The van der Waals surface area contributed by atoms with E-state index in [1.165, 1.54) is 0 Å². The van der Waals surface area contributed by atoms with Crippen LogP contribution in [0.4, 0.5) is 0 Å². The number of alkyl halides is 1. The predicted molar refractivity (Wildman–Crippen MR) is 81.4 cm³/mol. The average molecular weight is 319 g/mol. The first-order chi connectivity index (χ1) is 9.30. The molecular formula is C14H23ClN2O2S. The maximum Gasteiger partial charge on any atom is 0.244 e. The molecule has 20 heavy (non-hydrogen) atoms. The molecule has 0 aromatic carbocycles. The van der Waals surface area contributed by atoms with Gasteiger partial charge in [0.25, 0.3) is 0 Å². The van der Waals surface area contributed by atoms with E-state index in [0.717, 1.165) is 25.1 Å². The molecule has 0 N–H and O–H groups in total. The Kier molecular flexibility index (Phi) is 4.52. The molecule has 2 heterocycles. The molecule has 0 unspecified atom stereocenters. The van der Waals surface area contributed by atoms with Crippen LogP contribution in [-0.4, -0.2) is 30.4 Å². The lowest BCUT2D eigenvalue weighted by Gasteiger charge is -2.35. The van der Waals surface area contributed by atoms with Gasteiger partial charge in [-0.15, -0.1) is 11.6 Å². The minimum absolute atomic E-state index is 0.239. The van der Waals surface area contributed by atoms with Crippen molar-refractivity contribution in [3.63, 3.8) is 0 Å². The second kappa shape index (κ2) is 5.70. The standard InChI is InChI=1S/C14H23ClN2O2S/c1-4-16-11-13(9-12(16)10-15)20(18,19)17-7-5-14(2,3)6-8-17/h9,11H,4-8,10H2,1-3H3. The number of halogens is 1. The molecular weight excluding hydrogens is 296 g/mol. The van der Waals surface area contributed by atoms with Crippen molar-refractivity contribution in [3.05, 3.63) is 18.0 Å². The zero-order valence-corrected chi connectivity index (χ0v) is 14.0. The van der Waals surface area contributed by atoms with Crippen molar-refractivity contribution >= 4 is 21.6 Å². The summed E-state index contributed by atoms with van der Waals surface area (Å²) in [7, 11) is -3.38. The summed E-state index contributed by atoms with van der Waals surface area (Å²) in [6.45, 7) is 8.29. The summed E-state index contributed by atoms with van der Waals surface area (Å²) in [5, 5.41) is 0. The molecule has 2 rings (SSSR count). The molecule has 0 aliphatic carbocycles. The summed E-state index contributed by atoms with van der Waals surface area (Å²) < 4.78 is 28.8. The number of nitrogens with zero attached hydrogens (tertiary/aromatic N) is 2. The summed E-state index contributed by atoms with van der Waals surface area (Å²) in [5.74, 6) is 0.330. The topological polar surface area (TPSA) is 42.3 Å². The van der Waals surface area contributed by atoms with Crippen LogP contribution in [0.25, 0.3) is 0 Å².